The predicted molar refractivity (Wildman–Crippen MR) is 110 cm³/mol. The minimum absolute atomic E-state index is 0.00196. The Morgan fingerprint density at radius 1 is 1.00 bits per heavy atom. The monoisotopic (exact) mass is 419 g/mol. The lowest BCUT2D eigenvalue weighted by molar-refractivity contribution is -0.152. The maximum atomic E-state index is 13.9. The summed E-state index contributed by atoms with van der Waals surface area (Å²) in [6, 6.07) is 10.4. The van der Waals surface area contributed by atoms with Crippen LogP contribution in [0.25, 0.3) is 22.1 Å². The molecular weight excluding hydrogens is 395 g/mol. The summed E-state index contributed by atoms with van der Waals surface area (Å²) in [6.07, 6.45) is -4.88. The van der Waals surface area contributed by atoms with E-state index in [4.69, 9.17) is 4.42 Å². The van der Waals surface area contributed by atoms with Gasteiger partial charge in [0, 0.05) is 18.6 Å². The number of halogens is 3. The van der Waals surface area contributed by atoms with Crippen molar-refractivity contribution in [2.75, 3.05) is 0 Å². The smallest absolute Gasteiger partial charge is 0.450 e. The molecule has 4 nitrogen and oxygen atoms in total. The van der Waals surface area contributed by atoms with Gasteiger partial charge in [0.05, 0.1) is 16.5 Å². The van der Waals surface area contributed by atoms with Crippen LogP contribution in [0.15, 0.2) is 51.7 Å². The number of hydrogen-bond acceptors (Lipinski definition) is 4. The summed E-state index contributed by atoms with van der Waals surface area (Å²) < 4.78 is 47.0. The predicted octanol–water partition coefficient (Wildman–Crippen LogP) is 5.80. The van der Waals surface area contributed by atoms with Crippen LogP contribution in [0.1, 0.15) is 39.0 Å². The molecule has 0 fully saturated rings. The van der Waals surface area contributed by atoms with Crippen LogP contribution in [0.5, 0.6) is 5.75 Å². The van der Waals surface area contributed by atoms with Crippen molar-refractivity contribution >= 4 is 11.0 Å². The topological polar surface area (TPSA) is 53.7 Å². The Kier molecular flexibility index (Phi) is 5.94. The highest BCUT2D eigenvalue weighted by Crippen LogP contribution is 2.39. The van der Waals surface area contributed by atoms with Gasteiger partial charge in [0.25, 0.3) is 0 Å². The Hall–Kier alpha value is -2.80. The minimum atomic E-state index is -4.88. The quantitative estimate of drug-likeness (QED) is 0.568. The van der Waals surface area contributed by atoms with Crippen LogP contribution in [0.3, 0.4) is 0 Å². The molecule has 0 spiro atoms. The van der Waals surface area contributed by atoms with E-state index in [2.05, 4.69) is 0 Å². The summed E-state index contributed by atoms with van der Waals surface area (Å²) in [5, 5.41) is 10.4. The maximum absolute atomic E-state index is 13.9. The lowest BCUT2D eigenvalue weighted by atomic mass is 10.00. The molecule has 0 aliphatic heterocycles. The first-order chi connectivity index (χ1) is 14.0. The number of benzene rings is 2. The molecule has 3 rings (SSSR count). The number of rotatable bonds is 5. The van der Waals surface area contributed by atoms with Gasteiger partial charge < -0.3 is 9.52 Å². The Bertz CT molecular complexity index is 1090. The molecule has 160 valence electrons. The van der Waals surface area contributed by atoms with Crippen LogP contribution < -0.4 is 5.43 Å². The summed E-state index contributed by atoms with van der Waals surface area (Å²) in [5.41, 5.74) is -1.26. The van der Waals surface area contributed by atoms with Crippen LogP contribution in [-0.2, 0) is 12.7 Å². The van der Waals surface area contributed by atoms with Crippen molar-refractivity contribution in [3.05, 3.63) is 64.0 Å². The zero-order chi connectivity index (χ0) is 22.2. The van der Waals surface area contributed by atoms with Crippen LogP contribution >= 0.6 is 0 Å². The first-order valence-corrected chi connectivity index (χ1v) is 9.72. The fourth-order valence-electron chi connectivity index (χ4n) is 3.67. The molecule has 1 N–H and O–H groups in total. The SMILES string of the molecule is CC(C)N(Cc1c(O)ccc2c(=O)c(-c3ccccc3)c(C(F)(F)F)oc12)C(C)C. The Morgan fingerprint density at radius 2 is 1.60 bits per heavy atom. The third-order valence-corrected chi connectivity index (χ3v) is 5.13. The zero-order valence-corrected chi connectivity index (χ0v) is 17.2. The summed E-state index contributed by atoms with van der Waals surface area (Å²) in [4.78, 5) is 15.2. The summed E-state index contributed by atoms with van der Waals surface area (Å²) in [6.45, 7) is 7.95. The first kappa shape index (κ1) is 21.9. The number of aromatic hydroxyl groups is 1. The molecule has 0 atom stereocenters. The number of alkyl halides is 3. The van der Waals surface area contributed by atoms with E-state index in [1.807, 2.05) is 32.6 Å². The van der Waals surface area contributed by atoms with E-state index < -0.39 is 22.9 Å². The molecule has 0 radical (unpaired) electrons. The lowest BCUT2D eigenvalue weighted by Gasteiger charge is -2.31. The van der Waals surface area contributed by atoms with Gasteiger partial charge in [0.15, 0.2) is 0 Å². The molecule has 0 aliphatic carbocycles. The third kappa shape index (κ3) is 4.07. The first-order valence-electron chi connectivity index (χ1n) is 9.72. The van der Waals surface area contributed by atoms with Crippen LogP contribution in [0, 0.1) is 0 Å². The number of phenols is 1. The number of hydrogen-bond donors (Lipinski definition) is 1. The van der Waals surface area contributed by atoms with Crippen molar-refractivity contribution in [2.45, 2.75) is 52.5 Å². The zero-order valence-electron chi connectivity index (χ0n) is 17.2. The number of fused-ring (bicyclic) bond motifs is 1. The van der Waals surface area contributed by atoms with Gasteiger partial charge in [-0.15, -0.1) is 0 Å². The molecule has 0 bridgehead atoms. The minimum Gasteiger partial charge on any atom is -0.507 e. The van der Waals surface area contributed by atoms with E-state index in [0.29, 0.717) is 0 Å². The van der Waals surface area contributed by atoms with Crippen molar-refractivity contribution in [1.29, 1.82) is 0 Å². The molecule has 0 saturated heterocycles. The van der Waals surface area contributed by atoms with Crippen molar-refractivity contribution in [3.8, 4) is 16.9 Å². The molecule has 1 aromatic heterocycles. The number of nitrogens with zero attached hydrogens (tertiary/aromatic N) is 1. The normalized spacial score (nSPS) is 12.5. The van der Waals surface area contributed by atoms with Gasteiger partial charge >= 0.3 is 6.18 Å². The summed E-state index contributed by atoms with van der Waals surface area (Å²) >= 11 is 0. The summed E-state index contributed by atoms with van der Waals surface area (Å²) in [7, 11) is 0. The molecule has 0 unspecified atom stereocenters. The second kappa shape index (κ2) is 8.14. The van der Waals surface area contributed by atoms with E-state index in [0.717, 1.165) is 0 Å². The highest BCUT2D eigenvalue weighted by Gasteiger charge is 2.40. The second-order valence-corrected chi connectivity index (χ2v) is 7.80. The maximum Gasteiger partial charge on any atom is 0.450 e. The Morgan fingerprint density at radius 3 is 2.13 bits per heavy atom. The molecular formula is C23H24F3NO3. The second-order valence-electron chi connectivity index (χ2n) is 7.80. The van der Waals surface area contributed by atoms with Gasteiger partial charge in [-0.3, -0.25) is 9.69 Å². The lowest BCUT2D eigenvalue weighted by Crippen LogP contribution is -2.36. The van der Waals surface area contributed by atoms with E-state index in [1.165, 1.54) is 24.3 Å². The molecule has 30 heavy (non-hydrogen) atoms. The molecule has 2 aromatic carbocycles. The van der Waals surface area contributed by atoms with Crippen LogP contribution in [0.4, 0.5) is 13.2 Å². The molecule has 7 heteroatoms. The Balaban J connectivity index is 2.36. The third-order valence-electron chi connectivity index (χ3n) is 5.13. The number of phenolic OH excluding ortho intramolecular Hbond substituents is 1. The average Bonchev–Trinajstić information content (AvgIpc) is 2.66. The van der Waals surface area contributed by atoms with Crippen molar-refractivity contribution < 1.29 is 22.7 Å². The van der Waals surface area contributed by atoms with Gasteiger partial charge in [0.1, 0.15) is 11.3 Å². The van der Waals surface area contributed by atoms with Crippen molar-refractivity contribution in [1.82, 2.24) is 4.90 Å². The van der Waals surface area contributed by atoms with Crippen LogP contribution in [-0.4, -0.2) is 22.1 Å². The van der Waals surface area contributed by atoms with Gasteiger partial charge in [-0.2, -0.15) is 13.2 Å². The fraction of sp³-hybridized carbons (Fsp3) is 0.348. The van der Waals surface area contributed by atoms with E-state index in [1.54, 1.807) is 18.2 Å². The van der Waals surface area contributed by atoms with Crippen molar-refractivity contribution in [2.24, 2.45) is 0 Å². The van der Waals surface area contributed by atoms with Gasteiger partial charge in [-0.25, -0.2) is 0 Å². The molecule has 1 heterocycles. The van der Waals surface area contributed by atoms with E-state index in [-0.39, 0.29) is 46.5 Å². The van der Waals surface area contributed by atoms with E-state index in [9.17, 15) is 23.1 Å². The van der Waals surface area contributed by atoms with Gasteiger partial charge in [-0.05, 0) is 45.4 Å². The summed E-state index contributed by atoms with van der Waals surface area (Å²) in [5.74, 6) is -1.57. The molecule has 0 aliphatic rings. The standard InChI is InChI=1S/C23H24F3NO3/c1-13(2)27(14(3)4)12-17-18(28)11-10-16-20(29)19(15-8-6-5-7-9-15)22(23(24,25)26)30-21(16)17/h5-11,13-14,28H,12H2,1-4H3. The fourth-order valence-corrected chi connectivity index (χ4v) is 3.67. The molecule has 0 amide bonds. The highest BCUT2D eigenvalue weighted by molar-refractivity contribution is 5.86. The molecule has 0 saturated carbocycles. The highest BCUT2D eigenvalue weighted by atomic mass is 19.4. The van der Waals surface area contributed by atoms with E-state index >= 15 is 0 Å². The molecule has 3 aromatic rings. The van der Waals surface area contributed by atoms with Crippen molar-refractivity contribution in [3.63, 3.8) is 0 Å². The largest absolute Gasteiger partial charge is 0.507 e. The van der Waals surface area contributed by atoms with Gasteiger partial charge in [-0.1, -0.05) is 30.3 Å². The Labute approximate surface area is 172 Å². The van der Waals surface area contributed by atoms with Gasteiger partial charge in [0.2, 0.25) is 11.2 Å². The average molecular weight is 419 g/mol. The van der Waals surface area contributed by atoms with Crippen LogP contribution in [0.2, 0.25) is 0 Å².